The first kappa shape index (κ1) is 19.1. The number of carbonyl (C=O) groups excluding carboxylic acids is 2. The number of rotatable bonds is 6. The molecule has 140 valence electrons. The van der Waals surface area contributed by atoms with Crippen LogP contribution in [0.5, 0.6) is 11.5 Å². The van der Waals surface area contributed by atoms with Gasteiger partial charge in [0.25, 0.3) is 0 Å². The second-order valence-corrected chi connectivity index (χ2v) is 6.23. The molecule has 0 N–H and O–H groups in total. The molecule has 0 saturated carbocycles. The number of esters is 1. The van der Waals surface area contributed by atoms with E-state index in [2.05, 4.69) is 0 Å². The number of hydrogen-bond acceptors (Lipinski definition) is 4. The van der Waals surface area contributed by atoms with Gasteiger partial charge >= 0.3 is 5.97 Å². The van der Waals surface area contributed by atoms with Crippen LogP contribution in [-0.2, 0) is 0 Å². The number of carbonyl (C=O) groups is 2. The number of ether oxygens (including phenoxy) is 2. The topological polar surface area (TPSA) is 52.6 Å². The fourth-order valence-electron chi connectivity index (χ4n) is 2.59. The third-order valence-electron chi connectivity index (χ3n) is 4.16. The van der Waals surface area contributed by atoms with Gasteiger partial charge in [-0.25, -0.2) is 4.79 Å². The van der Waals surface area contributed by atoms with E-state index in [0.29, 0.717) is 22.6 Å². The Morgan fingerprint density at radius 1 is 0.821 bits per heavy atom. The molecule has 0 radical (unpaired) electrons. The lowest BCUT2D eigenvalue weighted by Gasteiger charge is -2.10. The summed E-state index contributed by atoms with van der Waals surface area (Å²) in [6.45, 7) is 1.95. The van der Waals surface area contributed by atoms with E-state index in [1.807, 2.05) is 37.3 Å². The number of methoxy groups -OCH3 is 1. The van der Waals surface area contributed by atoms with E-state index in [0.717, 1.165) is 11.1 Å². The number of ketones is 1. The molecule has 0 fully saturated rings. The van der Waals surface area contributed by atoms with Crippen LogP contribution in [0.3, 0.4) is 0 Å². The van der Waals surface area contributed by atoms with Crippen molar-refractivity contribution in [3.63, 3.8) is 0 Å². The maximum absolute atomic E-state index is 12.3. The van der Waals surface area contributed by atoms with Gasteiger partial charge in [-0.1, -0.05) is 60.2 Å². The lowest BCUT2D eigenvalue weighted by molar-refractivity contribution is 0.0729. The SMILES string of the molecule is COc1cc(C=CC(=O)c2ccccc2)ccc1OC(=O)c1ccc(C)cc1. The Labute approximate surface area is 164 Å². The monoisotopic (exact) mass is 372 g/mol. The van der Waals surface area contributed by atoms with Crippen LogP contribution in [-0.4, -0.2) is 18.9 Å². The minimum absolute atomic E-state index is 0.0885. The Hall–Kier alpha value is -3.66. The summed E-state index contributed by atoms with van der Waals surface area (Å²) in [4.78, 5) is 24.5. The molecule has 0 amide bonds. The highest BCUT2D eigenvalue weighted by molar-refractivity contribution is 6.06. The summed E-state index contributed by atoms with van der Waals surface area (Å²) in [5, 5.41) is 0. The quantitative estimate of drug-likeness (QED) is 0.261. The number of hydrogen-bond donors (Lipinski definition) is 0. The van der Waals surface area contributed by atoms with E-state index in [-0.39, 0.29) is 5.78 Å². The molecular weight excluding hydrogens is 352 g/mol. The number of benzene rings is 3. The third kappa shape index (κ3) is 4.74. The Morgan fingerprint density at radius 2 is 1.54 bits per heavy atom. The van der Waals surface area contributed by atoms with Crippen LogP contribution in [0.15, 0.2) is 78.9 Å². The van der Waals surface area contributed by atoms with E-state index < -0.39 is 5.97 Å². The Balaban J connectivity index is 1.75. The molecule has 0 saturated heterocycles. The van der Waals surface area contributed by atoms with Crippen molar-refractivity contribution in [3.8, 4) is 11.5 Å². The van der Waals surface area contributed by atoms with Gasteiger partial charge in [-0.3, -0.25) is 4.79 Å². The molecule has 0 aliphatic carbocycles. The fourth-order valence-corrected chi connectivity index (χ4v) is 2.59. The first-order chi connectivity index (χ1) is 13.6. The van der Waals surface area contributed by atoms with Crippen molar-refractivity contribution >= 4 is 17.8 Å². The molecule has 4 heteroatoms. The average Bonchev–Trinajstić information content (AvgIpc) is 2.73. The van der Waals surface area contributed by atoms with Gasteiger partial charge in [0, 0.05) is 5.56 Å². The second-order valence-electron chi connectivity index (χ2n) is 6.23. The molecule has 28 heavy (non-hydrogen) atoms. The number of aryl methyl sites for hydroxylation is 1. The van der Waals surface area contributed by atoms with Crippen LogP contribution in [0.2, 0.25) is 0 Å². The zero-order valence-electron chi connectivity index (χ0n) is 15.7. The molecule has 0 atom stereocenters. The Bertz CT molecular complexity index is 1000. The van der Waals surface area contributed by atoms with E-state index in [4.69, 9.17) is 9.47 Å². The third-order valence-corrected chi connectivity index (χ3v) is 4.16. The summed E-state index contributed by atoms with van der Waals surface area (Å²) < 4.78 is 10.8. The van der Waals surface area contributed by atoms with Crippen LogP contribution in [0, 0.1) is 6.92 Å². The largest absolute Gasteiger partial charge is 0.493 e. The molecule has 0 unspecified atom stereocenters. The summed E-state index contributed by atoms with van der Waals surface area (Å²) in [5.74, 6) is 0.185. The summed E-state index contributed by atoms with van der Waals surface area (Å²) in [6.07, 6.45) is 3.20. The van der Waals surface area contributed by atoms with Crippen molar-refractivity contribution < 1.29 is 19.1 Å². The van der Waals surface area contributed by atoms with Gasteiger partial charge < -0.3 is 9.47 Å². The first-order valence-corrected chi connectivity index (χ1v) is 8.81. The Kier molecular flexibility index (Phi) is 6.02. The molecule has 3 rings (SSSR count). The van der Waals surface area contributed by atoms with Crippen LogP contribution in [0.25, 0.3) is 6.08 Å². The standard InChI is InChI=1S/C24H20O4/c1-17-8-12-20(13-9-17)24(26)28-22-15-11-18(16-23(22)27-2)10-14-21(25)19-6-4-3-5-7-19/h3-16H,1-2H3. The molecule has 0 heterocycles. The van der Waals surface area contributed by atoms with Gasteiger partial charge in [-0.15, -0.1) is 0 Å². The van der Waals surface area contributed by atoms with E-state index in [1.165, 1.54) is 13.2 Å². The highest BCUT2D eigenvalue weighted by Crippen LogP contribution is 2.29. The average molecular weight is 372 g/mol. The van der Waals surface area contributed by atoms with E-state index >= 15 is 0 Å². The maximum Gasteiger partial charge on any atom is 0.343 e. The zero-order valence-corrected chi connectivity index (χ0v) is 15.7. The molecular formula is C24H20O4. The van der Waals surface area contributed by atoms with Gasteiger partial charge in [-0.2, -0.15) is 0 Å². The van der Waals surface area contributed by atoms with Crippen LogP contribution in [0.4, 0.5) is 0 Å². The Morgan fingerprint density at radius 3 is 2.21 bits per heavy atom. The molecule has 0 spiro atoms. The molecule has 0 aromatic heterocycles. The van der Waals surface area contributed by atoms with Gasteiger partial charge in [0.1, 0.15) is 0 Å². The summed E-state index contributed by atoms with van der Waals surface area (Å²) >= 11 is 0. The molecule has 0 aliphatic heterocycles. The van der Waals surface area contributed by atoms with E-state index in [1.54, 1.807) is 48.5 Å². The van der Waals surface area contributed by atoms with Crippen molar-refractivity contribution in [1.82, 2.24) is 0 Å². The van der Waals surface area contributed by atoms with Crippen molar-refractivity contribution in [2.75, 3.05) is 7.11 Å². The normalized spacial score (nSPS) is 10.6. The molecule has 4 nitrogen and oxygen atoms in total. The van der Waals surface area contributed by atoms with Gasteiger partial charge in [0.2, 0.25) is 0 Å². The minimum Gasteiger partial charge on any atom is -0.493 e. The van der Waals surface area contributed by atoms with E-state index in [9.17, 15) is 9.59 Å². The predicted octanol–water partition coefficient (Wildman–Crippen LogP) is 5.12. The fraction of sp³-hybridized carbons (Fsp3) is 0.0833. The van der Waals surface area contributed by atoms with Crippen molar-refractivity contribution in [2.24, 2.45) is 0 Å². The van der Waals surface area contributed by atoms with Gasteiger partial charge in [0.05, 0.1) is 12.7 Å². The molecule has 0 bridgehead atoms. The maximum atomic E-state index is 12.3. The summed E-state index contributed by atoms with van der Waals surface area (Å²) in [6, 6.07) is 21.3. The van der Waals surface area contributed by atoms with Gasteiger partial charge in [0.15, 0.2) is 17.3 Å². The predicted molar refractivity (Wildman–Crippen MR) is 109 cm³/mol. The molecule has 0 aliphatic rings. The first-order valence-electron chi connectivity index (χ1n) is 8.81. The van der Waals surface area contributed by atoms with Crippen LogP contribution in [0.1, 0.15) is 31.8 Å². The highest BCUT2D eigenvalue weighted by Gasteiger charge is 2.12. The van der Waals surface area contributed by atoms with Crippen LogP contribution >= 0.6 is 0 Å². The van der Waals surface area contributed by atoms with Crippen molar-refractivity contribution in [1.29, 1.82) is 0 Å². The van der Waals surface area contributed by atoms with Crippen LogP contribution < -0.4 is 9.47 Å². The zero-order chi connectivity index (χ0) is 19.9. The second kappa shape index (κ2) is 8.82. The lowest BCUT2D eigenvalue weighted by Crippen LogP contribution is -2.09. The van der Waals surface area contributed by atoms with Crippen molar-refractivity contribution in [2.45, 2.75) is 6.92 Å². The van der Waals surface area contributed by atoms with Crippen molar-refractivity contribution in [3.05, 3.63) is 101 Å². The molecule has 3 aromatic rings. The van der Waals surface area contributed by atoms with Gasteiger partial charge in [-0.05, 0) is 42.8 Å². The molecule has 3 aromatic carbocycles. The lowest BCUT2D eigenvalue weighted by atomic mass is 10.1. The number of allylic oxidation sites excluding steroid dienone is 1. The highest BCUT2D eigenvalue weighted by atomic mass is 16.6. The minimum atomic E-state index is -0.458. The summed E-state index contributed by atoms with van der Waals surface area (Å²) in [5.41, 5.74) is 2.91. The summed E-state index contributed by atoms with van der Waals surface area (Å²) in [7, 11) is 1.50. The smallest absolute Gasteiger partial charge is 0.343 e.